The van der Waals surface area contributed by atoms with Gasteiger partial charge in [-0.3, -0.25) is 5.32 Å². The van der Waals surface area contributed by atoms with E-state index in [-0.39, 0.29) is 6.61 Å². The summed E-state index contributed by atoms with van der Waals surface area (Å²) in [5.41, 5.74) is 3.33. The van der Waals surface area contributed by atoms with Crippen molar-refractivity contribution < 1.29 is 14.3 Å². The average Bonchev–Trinajstić information content (AvgIpc) is 2.41. The number of amides is 1. The minimum atomic E-state index is -0.538. The minimum Gasteiger partial charge on any atom is -0.619 e. The fourth-order valence-corrected chi connectivity index (χ4v) is 1.88. The van der Waals surface area contributed by atoms with E-state index in [4.69, 9.17) is 4.74 Å². The number of pyridine rings is 1. The van der Waals surface area contributed by atoms with Crippen LogP contribution in [0.25, 0.3) is 0 Å². The Morgan fingerprint density at radius 2 is 1.95 bits per heavy atom. The Balaban J connectivity index is 1.96. The Kier molecular flexibility index (Phi) is 4.20. The third-order valence-electron chi connectivity index (χ3n) is 2.91. The van der Waals surface area contributed by atoms with Crippen molar-refractivity contribution in [2.24, 2.45) is 0 Å². The second kappa shape index (κ2) is 6.06. The molecule has 0 aliphatic heterocycles. The van der Waals surface area contributed by atoms with Gasteiger partial charge in [-0.2, -0.15) is 4.73 Å². The number of aryl methyl sites for hydroxylation is 2. The van der Waals surface area contributed by atoms with Gasteiger partial charge in [-0.25, -0.2) is 4.79 Å². The van der Waals surface area contributed by atoms with Crippen LogP contribution in [0.1, 0.15) is 16.7 Å². The van der Waals surface area contributed by atoms with Crippen LogP contribution >= 0.6 is 0 Å². The zero-order valence-corrected chi connectivity index (χ0v) is 11.4. The third kappa shape index (κ3) is 3.47. The summed E-state index contributed by atoms with van der Waals surface area (Å²) in [6.45, 7) is 3.89. The Morgan fingerprint density at radius 1 is 1.25 bits per heavy atom. The lowest BCUT2D eigenvalue weighted by molar-refractivity contribution is -0.606. The lowest BCUT2D eigenvalue weighted by Gasteiger charge is -2.11. The van der Waals surface area contributed by atoms with Crippen molar-refractivity contribution in [1.29, 1.82) is 0 Å². The zero-order valence-electron chi connectivity index (χ0n) is 11.4. The summed E-state index contributed by atoms with van der Waals surface area (Å²) >= 11 is 0. The fraction of sp³-hybridized carbons (Fsp3) is 0.200. The van der Waals surface area contributed by atoms with Crippen molar-refractivity contribution in [2.75, 3.05) is 5.32 Å². The van der Waals surface area contributed by atoms with Crippen LogP contribution in [0.15, 0.2) is 42.7 Å². The normalized spacial score (nSPS) is 10.1. The van der Waals surface area contributed by atoms with Crippen LogP contribution < -0.4 is 10.0 Å². The van der Waals surface area contributed by atoms with Crippen molar-refractivity contribution in [2.45, 2.75) is 20.5 Å². The first-order valence-electron chi connectivity index (χ1n) is 6.24. The van der Waals surface area contributed by atoms with Crippen LogP contribution in [-0.4, -0.2) is 6.09 Å². The summed E-state index contributed by atoms with van der Waals surface area (Å²) in [6, 6.07) is 9.09. The largest absolute Gasteiger partial charge is 0.619 e. The molecule has 1 N–H and O–H groups in total. The number of rotatable bonds is 3. The third-order valence-corrected chi connectivity index (χ3v) is 2.91. The summed E-state index contributed by atoms with van der Waals surface area (Å²) in [5.74, 6) is 0. The molecule has 1 aromatic carbocycles. The highest BCUT2D eigenvalue weighted by molar-refractivity contribution is 5.86. The standard InChI is InChI=1S/C15H16N2O3/c1-11-5-3-6-12(2)14(11)16-15(18)20-10-13-7-4-8-17(19)9-13/h3-9H,10H2,1-2H3,(H,16,18). The molecule has 0 bridgehead atoms. The molecule has 2 aromatic rings. The van der Waals surface area contributed by atoms with Gasteiger partial charge in [0.1, 0.15) is 6.61 Å². The predicted molar refractivity (Wildman–Crippen MR) is 75.1 cm³/mol. The molecule has 0 spiro atoms. The van der Waals surface area contributed by atoms with Crippen LogP contribution in [0.5, 0.6) is 0 Å². The molecule has 0 unspecified atom stereocenters. The van der Waals surface area contributed by atoms with Gasteiger partial charge >= 0.3 is 6.09 Å². The molecule has 104 valence electrons. The van der Waals surface area contributed by atoms with Crippen molar-refractivity contribution in [3.05, 3.63) is 64.6 Å². The van der Waals surface area contributed by atoms with E-state index in [1.165, 1.54) is 12.4 Å². The predicted octanol–water partition coefficient (Wildman–Crippen LogP) is 2.69. The number of hydrogen-bond acceptors (Lipinski definition) is 3. The molecular formula is C15H16N2O3. The second-order valence-corrected chi connectivity index (χ2v) is 4.54. The number of anilines is 1. The molecule has 0 saturated heterocycles. The maximum Gasteiger partial charge on any atom is 0.411 e. The van der Waals surface area contributed by atoms with E-state index < -0.39 is 6.09 Å². The molecular weight excluding hydrogens is 256 g/mol. The van der Waals surface area contributed by atoms with Gasteiger partial charge in [0.15, 0.2) is 12.4 Å². The number of carbonyl (C=O) groups excluding carboxylic acids is 1. The molecule has 0 saturated carbocycles. The van der Waals surface area contributed by atoms with Crippen molar-refractivity contribution >= 4 is 11.8 Å². The van der Waals surface area contributed by atoms with E-state index >= 15 is 0 Å². The number of nitrogens with zero attached hydrogens (tertiary/aromatic N) is 1. The maximum atomic E-state index is 11.8. The Hall–Kier alpha value is -2.56. The van der Waals surface area contributed by atoms with Crippen LogP contribution in [0.2, 0.25) is 0 Å². The molecule has 0 aliphatic carbocycles. The summed E-state index contributed by atoms with van der Waals surface area (Å²) < 4.78 is 5.76. The fourth-order valence-electron chi connectivity index (χ4n) is 1.88. The van der Waals surface area contributed by atoms with Gasteiger partial charge in [0.25, 0.3) is 0 Å². The SMILES string of the molecule is Cc1cccc(C)c1NC(=O)OCc1ccc[n+]([O-])c1. The quantitative estimate of drug-likeness (QED) is 0.690. The van der Waals surface area contributed by atoms with E-state index in [0.717, 1.165) is 16.8 Å². The topological polar surface area (TPSA) is 65.3 Å². The Bertz CT molecular complexity index is 606. The van der Waals surface area contributed by atoms with Crippen LogP contribution in [0.4, 0.5) is 10.5 Å². The van der Waals surface area contributed by atoms with Gasteiger partial charge < -0.3 is 9.94 Å². The number of para-hydroxylation sites is 1. The van der Waals surface area contributed by atoms with Gasteiger partial charge in [-0.15, -0.1) is 0 Å². The van der Waals surface area contributed by atoms with E-state index in [9.17, 15) is 10.0 Å². The molecule has 20 heavy (non-hydrogen) atoms. The molecule has 0 fully saturated rings. The lowest BCUT2D eigenvalue weighted by Crippen LogP contribution is -2.25. The van der Waals surface area contributed by atoms with E-state index in [0.29, 0.717) is 10.3 Å². The molecule has 5 heteroatoms. The van der Waals surface area contributed by atoms with Gasteiger partial charge in [-0.1, -0.05) is 18.2 Å². The molecule has 5 nitrogen and oxygen atoms in total. The Morgan fingerprint density at radius 3 is 2.60 bits per heavy atom. The highest BCUT2D eigenvalue weighted by atomic mass is 16.5. The van der Waals surface area contributed by atoms with Gasteiger partial charge in [0, 0.05) is 11.8 Å². The van der Waals surface area contributed by atoms with Crippen LogP contribution in [0.3, 0.4) is 0 Å². The lowest BCUT2D eigenvalue weighted by atomic mass is 10.1. The molecule has 1 amide bonds. The highest BCUT2D eigenvalue weighted by Crippen LogP contribution is 2.19. The van der Waals surface area contributed by atoms with Gasteiger partial charge in [-0.05, 0) is 31.0 Å². The van der Waals surface area contributed by atoms with Crippen LogP contribution in [-0.2, 0) is 11.3 Å². The number of aromatic nitrogens is 1. The first kappa shape index (κ1) is 13.9. The summed E-state index contributed by atoms with van der Waals surface area (Å²) in [4.78, 5) is 11.8. The summed E-state index contributed by atoms with van der Waals surface area (Å²) in [6.07, 6.45) is 2.20. The van der Waals surface area contributed by atoms with Crippen molar-refractivity contribution in [1.82, 2.24) is 0 Å². The van der Waals surface area contributed by atoms with Gasteiger partial charge in [0.2, 0.25) is 0 Å². The zero-order chi connectivity index (χ0) is 14.5. The highest BCUT2D eigenvalue weighted by Gasteiger charge is 2.08. The molecule has 0 aliphatic rings. The molecule has 1 aromatic heterocycles. The number of ether oxygens (including phenoxy) is 1. The molecule has 0 radical (unpaired) electrons. The maximum absolute atomic E-state index is 11.8. The van der Waals surface area contributed by atoms with E-state index in [1.54, 1.807) is 12.1 Å². The average molecular weight is 272 g/mol. The minimum absolute atomic E-state index is 0.0554. The summed E-state index contributed by atoms with van der Waals surface area (Å²) in [5, 5.41) is 13.8. The van der Waals surface area contributed by atoms with Crippen molar-refractivity contribution in [3.63, 3.8) is 0 Å². The second-order valence-electron chi connectivity index (χ2n) is 4.54. The summed E-state index contributed by atoms with van der Waals surface area (Å²) in [7, 11) is 0. The monoisotopic (exact) mass is 272 g/mol. The molecule has 2 rings (SSSR count). The molecule has 1 heterocycles. The van der Waals surface area contributed by atoms with Crippen LogP contribution in [0, 0.1) is 19.1 Å². The first-order valence-corrected chi connectivity index (χ1v) is 6.24. The van der Waals surface area contributed by atoms with Gasteiger partial charge in [0.05, 0.1) is 5.56 Å². The van der Waals surface area contributed by atoms with Crippen molar-refractivity contribution in [3.8, 4) is 0 Å². The van der Waals surface area contributed by atoms with E-state index in [1.807, 2.05) is 32.0 Å². The number of carbonyl (C=O) groups is 1. The number of hydrogen-bond donors (Lipinski definition) is 1. The smallest absolute Gasteiger partial charge is 0.411 e. The number of benzene rings is 1. The molecule has 0 atom stereocenters. The Labute approximate surface area is 117 Å². The van der Waals surface area contributed by atoms with E-state index in [2.05, 4.69) is 5.32 Å². The number of nitrogens with one attached hydrogen (secondary N) is 1. The first-order chi connectivity index (χ1) is 9.56.